The van der Waals surface area contributed by atoms with E-state index in [2.05, 4.69) is 16.0 Å². The predicted octanol–water partition coefficient (Wildman–Crippen LogP) is -3.67. The van der Waals surface area contributed by atoms with Gasteiger partial charge in [0.15, 0.2) is 11.8 Å². The molecule has 0 amide bonds. The van der Waals surface area contributed by atoms with Crippen molar-refractivity contribution < 1.29 is 20.1 Å². The highest BCUT2D eigenvalue weighted by Crippen LogP contribution is 2.32. The summed E-state index contributed by atoms with van der Waals surface area (Å²) in [4.78, 5) is 3.66. The summed E-state index contributed by atoms with van der Waals surface area (Å²) in [6.45, 7) is -0.475. The third-order valence-electron chi connectivity index (χ3n) is 3.05. The number of hydrazone groups is 1. The zero-order valence-electron chi connectivity index (χ0n) is 9.92. The van der Waals surface area contributed by atoms with Crippen molar-refractivity contribution in [3.63, 3.8) is 0 Å². The Bertz CT molecular complexity index is 461. The van der Waals surface area contributed by atoms with Crippen LogP contribution in [0.4, 0.5) is 0 Å². The van der Waals surface area contributed by atoms with Crippen molar-refractivity contribution in [2.45, 2.75) is 30.3 Å². The second-order valence-electron chi connectivity index (χ2n) is 4.26. The average Bonchev–Trinajstić information content (AvgIpc) is 2.63. The fourth-order valence-corrected chi connectivity index (χ4v) is 1.98. The maximum Gasteiger partial charge on any atom is 0.244 e. The molecule has 2 unspecified atom stereocenters. The van der Waals surface area contributed by atoms with Gasteiger partial charge in [-0.15, -0.1) is 6.42 Å². The molecule has 0 bridgehead atoms. The van der Waals surface area contributed by atoms with Crippen LogP contribution in [0.25, 0.3) is 0 Å². The van der Waals surface area contributed by atoms with E-state index < -0.39 is 36.9 Å². The highest BCUT2D eigenvalue weighted by Gasteiger charge is 2.56. The van der Waals surface area contributed by atoms with Crippen molar-refractivity contribution in [2.24, 2.45) is 21.6 Å². The number of amidine groups is 1. The van der Waals surface area contributed by atoms with Crippen LogP contribution < -0.4 is 11.5 Å². The van der Waals surface area contributed by atoms with E-state index in [9.17, 15) is 10.2 Å². The Morgan fingerprint density at radius 1 is 1.58 bits per heavy atom. The first-order valence-electron chi connectivity index (χ1n) is 5.48. The molecule has 0 aromatic carbocycles. The van der Waals surface area contributed by atoms with Crippen LogP contribution in [0.1, 0.15) is 0 Å². The summed E-state index contributed by atoms with van der Waals surface area (Å²) in [5.74, 6) is 2.25. The molecule has 0 radical (unpaired) electrons. The van der Waals surface area contributed by atoms with Gasteiger partial charge in [0.05, 0.1) is 12.8 Å². The summed E-state index contributed by atoms with van der Waals surface area (Å²) in [6, 6.07) is 0. The smallest absolute Gasteiger partial charge is 0.244 e. The average molecular weight is 269 g/mol. The highest BCUT2D eigenvalue weighted by atomic mass is 16.6. The van der Waals surface area contributed by atoms with Gasteiger partial charge in [0.1, 0.15) is 18.0 Å². The number of aliphatic hydroxyl groups is 3. The van der Waals surface area contributed by atoms with Crippen LogP contribution in [0.3, 0.4) is 0 Å². The largest absolute Gasteiger partial charge is 0.394 e. The number of hydrogen-bond acceptors (Lipinski definition) is 9. The van der Waals surface area contributed by atoms with Gasteiger partial charge in [0.25, 0.3) is 0 Å². The minimum Gasteiger partial charge on any atom is -0.394 e. The van der Waals surface area contributed by atoms with E-state index in [1.807, 2.05) is 0 Å². The van der Waals surface area contributed by atoms with Gasteiger partial charge in [0.2, 0.25) is 6.35 Å². The number of aliphatic imine (C=N–C) groups is 1. The van der Waals surface area contributed by atoms with Gasteiger partial charge in [-0.3, -0.25) is 0 Å². The molecular weight excluding hydrogens is 254 g/mol. The molecule has 104 valence electrons. The van der Waals surface area contributed by atoms with Gasteiger partial charge >= 0.3 is 0 Å². The zero-order chi connectivity index (χ0) is 14.2. The summed E-state index contributed by atoms with van der Waals surface area (Å²) < 4.78 is 5.35. The molecule has 5 atom stereocenters. The van der Waals surface area contributed by atoms with Crippen LogP contribution in [0.5, 0.6) is 0 Å². The van der Waals surface area contributed by atoms with Crippen LogP contribution in [0.15, 0.2) is 10.1 Å². The summed E-state index contributed by atoms with van der Waals surface area (Å²) in [7, 11) is 0. The minimum atomic E-state index is -1.65. The molecular formula is C10H15N5O4. The van der Waals surface area contributed by atoms with Gasteiger partial charge in [-0.1, -0.05) is 5.92 Å². The summed E-state index contributed by atoms with van der Waals surface area (Å²) in [5, 5.41) is 33.7. The van der Waals surface area contributed by atoms with Crippen LogP contribution in [0.2, 0.25) is 0 Å². The third kappa shape index (κ3) is 2.05. The second kappa shape index (κ2) is 4.76. The first-order chi connectivity index (χ1) is 8.93. The van der Waals surface area contributed by atoms with E-state index in [1.165, 1.54) is 6.21 Å². The van der Waals surface area contributed by atoms with Crippen molar-refractivity contribution in [3.05, 3.63) is 0 Å². The van der Waals surface area contributed by atoms with E-state index in [0.717, 1.165) is 5.01 Å². The van der Waals surface area contributed by atoms with Gasteiger partial charge in [-0.25, -0.2) is 10.0 Å². The molecule has 9 nitrogen and oxygen atoms in total. The highest BCUT2D eigenvalue weighted by molar-refractivity contribution is 6.28. The summed E-state index contributed by atoms with van der Waals surface area (Å²) >= 11 is 0. The number of hydrogen-bond donors (Lipinski definition) is 5. The van der Waals surface area contributed by atoms with Crippen LogP contribution in [0, 0.1) is 12.3 Å². The van der Waals surface area contributed by atoms with E-state index in [-0.39, 0.29) is 5.84 Å². The van der Waals surface area contributed by atoms with Gasteiger partial charge in [0, 0.05) is 0 Å². The first kappa shape index (κ1) is 13.7. The topological polar surface area (TPSA) is 150 Å². The summed E-state index contributed by atoms with van der Waals surface area (Å²) in [6.07, 6.45) is 1.65. The SMILES string of the molecule is C#CC1(N)[C@@H](O)[C@@H](CO)O[C@H]1N1N=CC(N)=NC1O. The molecule has 1 fully saturated rings. The molecule has 2 aliphatic heterocycles. The van der Waals surface area contributed by atoms with E-state index in [0.29, 0.717) is 0 Å². The van der Waals surface area contributed by atoms with Gasteiger partial charge in [-0.2, -0.15) is 5.10 Å². The van der Waals surface area contributed by atoms with E-state index in [1.54, 1.807) is 0 Å². The first-order valence-corrected chi connectivity index (χ1v) is 5.48. The molecule has 0 aromatic rings. The molecule has 1 saturated heterocycles. The number of aliphatic hydroxyl groups excluding tert-OH is 3. The van der Waals surface area contributed by atoms with Gasteiger partial charge in [-0.05, 0) is 0 Å². The lowest BCUT2D eigenvalue weighted by Gasteiger charge is -2.35. The van der Waals surface area contributed by atoms with Crippen LogP contribution in [-0.4, -0.2) is 69.3 Å². The van der Waals surface area contributed by atoms with Crippen molar-refractivity contribution in [1.82, 2.24) is 5.01 Å². The maximum absolute atomic E-state index is 9.97. The molecule has 2 rings (SSSR count). The molecule has 0 spiro atoms. The molecule has 0 aliphatic carbocycles. The molecule has 0 saturated carbocycles. The standard InChI is InChI=1S/C10H15N5O4/c1-2-10(12)7(17)5(4-16)19-8(10)15-9(18)14-6(11)3-13-15/h1,3,5,7-9,16-18H,4,12H2,(H2,11,14)/t5-,7+,8-,9?,10?/m1/s1. The Labute approximate surface area is 109 Å². The third-order valence-corrected chi connectivity index (χ3v) is 3.05. The number of nitrogens with two attached hydrogens (primary N) is 2. The van der Waals surface area contributed by atoms with E-state index >= 15 is 0 Å². The molecule has 2 aliphatic rings. The van der Waals surface area contributed by atoms with Crippen LogP contribution >= 0.6 is 0 Å². The maximum atomic E-state index is 9.97. The lowest BCUT2D eigenvalue weighted by atomic mass is 9.92. The molecule has 0 aromatic heterocycles. The molecule has 7 N–H and O–H groups in total. The van der Waals surface area contributed by atoms with Crippen molar-refractivity contribution in [1.29, 1.82) is 0 Å². The Hall–Kier alpha value is -1.70. The minimum absolute atomic E-state index is 0.0318. The normalized spacial score (nSPS) is 42.1. The van der Waals surface area contributed by atoms with E-state index in [4.69, 9.17) is 27.7 Å². The Morgan fingerprint density at radius 3 is 2.79 bits per heavy atom. The number of nitrogens with zero attached hydrogens (tertiary/aromatic N) is 3. The fourth-order valence-electron chi connectivity index (χ4n) is 1.98. The van der Waals surface area contributed by atoms with Gasteiger partial charge < -0.3 is 31.5 Å². The number of terminal acetylenes is 1. The lowest BCUT2D eigenvalue weighted by molar-refractivity contribution is -0.139. The predicted molar refractivity (Wildman–Crippen MR) is 65.5 cm³/mol. The molecule has 19 heavy (non-hydrogen) atoms. The summed E-state index contributed by atoms with van der Waals surface area (Å²) in [5.41, 5.74) is 9.64. The van der Waals surface area contributed by atoms with Crippen molar-refractivity contribution >= 4 is 12.1 Å². The lowest BCUT2D eigenvalue weighted by Crippen LogP contribution is -2.61. The molecule has 9 heteroatoms. The number of ether oxygens (including phenoxy) is 1. The van der Waals surface area contributed by atoms with Crippen molar-refractivity contribution in [2.75, 3.05) is 6.61 Å². The zero-order valence-corrected chi connectivity index (χ0v) is 9.92. The van der Waals surface area contributed by atoms with Crippen molar-refractivity contribution in [3.8, 4) is 12.3 Å². The Balaban J connectivity index is 2.30. The fraction of sp³-hybridized carbons (Fsp3) is 0.600. The Morgan fingerprint density at radius 2 is 2.26 bits per heavy atom. The monoisotopic (exact) mass is 269 g/mol. The molecule has 2 heterocycles. The Kier molecular flexibility index (Phi) is 3.44. The van der Waals surface area contributed by atoms with Crippen LogP contribution in [-0.2, 0) is 4.74 Å². The quantitative estimate of drug-likeness (QED) is 0.324. The second-order valence-corrected chi connectivity index (χ2v) is 4.26. The number of rotatable bonds is 2.